The number of carbonyl (C=O) groups is 1. The Balaban J connectivity index is 1.61. The predicted octanol–water partition coefficient (Wildman–Crippen LogP) is 1.83. The quantitative estimate of drug-likeness (QED) is 0.853. The zero-order valence-electron chi connectivity index (χ0n) is 15.6. The van der Waals surface area contributed by atoms with Crippen molar-refractivity contribution in [2.24, 2.45) is 7.05 Å². The van der Waals surface area contributed by atoms with Crippen LogP contribution < -0.4 is 14.8 Å². The average Bonchev–Trinajstić information content (AvgIpc) is 3.08. The Hall–Kier alpha value is -2.54. The van der Waals surface area contributed by atoms with E-state index < -0.39 is 0 Å². The molecule has 1 aliphatic heterocycles. The Bertz CT molecular complexity index is 737. The topological polar surface area (TPSA) is 68.6 Å². The number of hydrogen-bond acceptors (Lipinski definition) is 5. The number of aryl methyl sites for hydroxylation is 1. The Morgan fingerprint density at radius 1 is 1.27 bits per heavy atom. The Morgan fingerprint density at radius 2 is 2.00 bits per heavy atom. The van der Waals surface area contributed by atoms with Crippen LogP contribution in [-0.2, 0) is 13.6 Å². The minimum Gasteiger partial charge on any atom is -0.497 e. The highest BCUT2D eigenvalue weighted by atomic mass is 16.5. The van der Waals surface area contributed by atoms with Gasteiger partial charge in [0.2, 0.25) is 0 Å². The third-order valence-electron chi connectivity index (χ3n) is 4.60. The van der Waals surface area contributed by atoms with Gasteiger partial charge in [0.15, 0.2) is 0 Å². The van der Waals surface area contributed by atoms with Gasteiger partial charge >= 0.3 is 0 Å². The lowest BCUT2D eigenvalue weighted by Crippen LogP contribution is -2.47. The monoisotopic (exact) mass is 358 g/mol. The van der Waals surface area contributed by atoms with Crippen molar-refractivity contribution in [3.05, 3.63) is 41.7 Å². The molecule has 1 saturated heterocycles. The van der Waals surface area contributed by atoms with E-state index in [-0.39, 0.29) is 11.9 Å². The third-order valence-corrected chi connectivity index (χ3v) is 4.60. The van der Waals surface area contributed by atoms with E-state index in [4.69, 9.17) is 9.47 Å². The van der Waals surface area contributed by atoms with E-state index >= 15 is 0 Å². The lowest BCUT2D eigenvalue weighted by Gasteiger charge is -2.33. The van der Waals surface area contributed by atoms with Crippen molar-refractivity contribution in [1.29, 1.82) is 0 Å². The van der Waals surface area contributed by atoms with Crippen LogP contribution in [0.25, 0.3) is 0 Å². The Morgan fingerprint density at radius 3 is 2.62 bits per heavy atom. The van der Waals surface area contributed by atoms with Crippen molar-refractivity contribution in [3.63, 3.8) is 0 Å². The molecule has 2 aromatic rings. The van der Waals surface area contributed by atoms with E-state index in [1.807, 2.05) is 25.2 Å². The zero-order chi connectivity index (χ0) is 18.5. The van der Waals surface area contributed by atoms with E-state index in [0.29, 0.717) is 5.69 Å². The summed E-state index contributed by atoms with van der Waals surface area (Å²) in [6, 6.07) is 7.79. The molecule has 1 aromatic carbocycles. The van der Waals surface area contributed by atoms with Gasteiger partial charge in [-0.25, -0.2) is 0 Å². The fourth-order valence-corrected chi connectivity index (χ4v) is 3.33. The summed E-state index contributed by atoms with van der Waals surface area (Å²) in [4.78, 5) is 14.7. The lowest BCUT2D eigenvalue weighted by molar-refractivity contribution is 0.0895. The first-order chi connectivity index (χ1) is 12.6. The van der Waals surface area contributed by atoms with Gasteiger partial charge < -0.3 is 14.8 Å². The van der Waals surface area contributed by atoms with E-state index in [0.717, 1.165) is 49.5 Å². The molecule has 1 amide bonds. The number of hydrogen-bond donors (Lipinski definition) is 1. The molecule has 140 valence electrons. The molecule has 0 spiro atoms. The molecule has 0 bridgehead atoms. The highest BCUT2D eigenvalue weighted by Crippen LogP contribution is 2.24. The number of likely N-dealkylation sites (tertiary alicyclic amines) is 1. The maximum absolute atomic E-state index is 12.3. The van der Waals surface area contributed by atoms with E-state index in [2.05, 4.69) is 15.3 Å². The summed E-state index contributed by atoms with van der Waals surface area (Å²) in [5.41, 5.74) is 1.60. The van der Waals surface area contributed by atoms with E-state index in [9.17, 15) is 4.79 Å². The molecular weight excluding hydrogens is 332 g/mol. The largest absolute Gasteiger partial charge is 0.497 e. The highest BCUT2D eigenvalue weighted by molar-refractivity contribution is 5.92. The van der Waals surface area contributed by atoms with Gasteiger partial charge in [-0.2, -0.15) is 5.10 Å². The van der Waals surface area contributed by atoms with Crippen LogP contribution in [0.15, 0.2) is 30.5 Å². The predicted molar refractivity (Wildman–Crippen MR) is 98.5 cm³/mol. The smallest absolute Gasteiger partial charge is 0.272 e. The first-order valence-corrected chi connectivity index (χ1v) is 8.82. The maximum Gasteiger partial charge on any atom is 0.272 e. The van der Waals surface area contributed by atoms with Gasteiger partial charge in [0.05, 0.1) is 14.2 Å². The number of piperidine rings is 1. The van der Waals surface area contributed by atoms with Crippen molar-refractivity contribution in [2.75, 3.05) is 27.3 Å². The third kappa shape index (κ3) is 4.54. The van der Waals surface area contributed by atoms with Crippen LogP contribution in [0.2, 0.25) is 0 Å². The van der Waals surface area contributed by atoms with Crippen LogP contribution >= 0.6 is 0 Å². The number of nitrogens with zero attached hydrogens (tertiary/aromatic N) is 3. The molecule has 1 fully saturated rings. The van der Waals surface area contributed by atoms with Gasteiger partial charge in [-0.1, -0.05) is 0 Å². The van der Waals surface area contributed by atoms with E-state index in [1.165, 1.54) is 0 Å². The number of rotatable bonds is 6. The summed E-state index contributed by atoms with van der Waals surface area (Å²) in [7, 11) is 5.12. The fraction of sp³-hybridized carbons (Fsp3) is 0.474. The zero-order valence-corrected chi connectivity index (χ0v) is 15.6. The molecule has 1 unspecified atom stereocenters. The molecule has 1 N–H and O–H groups in total. The number of aromatic nitrogens is 2. The normalized spacial score (nSPS) is 17.7. The molecule has 0 radical (unpaired) electrons. The Labute approximate surface area is 153 Å². The summed E-state index contributed by atoms with van der Waals surface area (Å²) in [6.45, 7) is 2.62. The number of methoxy groups -OCH3 is 2. The van der Waals surface area contributed by atoms with Crippen LogP contribution in [-0.4, -0.2) is 53.9 Å². The van der Waals surface area contributed by atoms with Crippen LogP contribution in [0.3, 0.4) is 0 Å². The van der Waals surface area contributed by atoms with E-state index in [1.54, 1.807) is 31.2 Å². The molecule has 1 aromatic heterocycles. The summed E-state index contributed by atoms with van der Waals surface area (Å²) < 4.78 is 12.3. The summed E-state index contributed by atoms with van der Waals surface area (Å²) in [6.07, 6.45) is 3.81. The second kappa shape index (κ2) is 8.23. The molecule has 7 nitrogen and oxygen atoms in total. The second-order valence-corrected chi connectivity index (χ2v) is 6.64. The minimum absolute atomic E-state index is 0.111. The average molecular weight is 358 g/mol. The van der Waals surface area contributed by atoms with Crippen LogP contribution in [0.5, 0.6) is 11.5 Å². The molecule has 1 atom stereocenters. The fourth-order valence-electron chi connectivity index (χ4n) is 3.33. The molecule has 2 heterocycles. The second-order valence-electron chi connectivity index (χ2n) is 6.64. The van der Waals surface area contributed by atoms with Gasteiger partial charge in [-0.3, -0.25) is 14.4 Å². The molecule has 0 saturated carbocycles. The molecule has 3 rings (SSSR count). The molecule has 0 aliphatic carbocycles. The summed E-state index contributed by atoms with van der Waals surface area (Å²) in [5, 5.41) is 7.27. The molecule has 26 heavy (non-hydrogen) atoms. The van der Waals surface area contributed by atoms with Crippen molar-refractivity contribution in [1.82, 2.24) is 20.0 Å². The number of carbonyl (C=O) groups excluding carboxylic acids is 1. The summed E-state index contributed by atoms with van der Waals surface area (Å²) >= 11 is 0. The maximum atomic E-state index is 12.3. The van der Waals surface area contributed by atoms with Crippen molar-refractivity contribution >= 4 is 5.91 Å². The molecule has 1 aliphatic rings. The molecular formula is C19H26N4O3. The van der Waals surface area contributed by atoms with Gasteiger partial charge in [0, 0.05) is 38.4 Å². The number of nitrogens with one attached hydrogen (secondary N) is 1. The Kier molecular flexibility index (Phi) is 5.78. The molecule has 7 heteroatoms. The van der Waals surface area contributed by atoms with Crippen LogP contribution in [0.1, 0.15) is 28.9 Å². The van der Waals surface area contributed by atoms with Crippen molar-refractivity contribution in [2.45, 2.75) is 25.4 Å². The standard InChI is InChI=1S/C19H26N4O3/c1-22-8-6-18(21-22)19(24)20-15-5-4-7-23(13-15)12-14-9-16(25-2)11-17(10-14)26-3/h6,8-11,15H,4-5,7,12-13H2,1-3H3,(H,20,24). The minimum atomic E-state index is -0.111. The van der Waals surface area contributed by atoms with Gasteiger partial charge in [0.25, 0.3) is 5.91 Å². The van der Waals surface area contributed by atoms with Gasteiger partial charge in [-0.05, 0) is 43.1 Å². The first-order valence-electron chi connectivity index (χ1n) is 8.82. The lowest BCUT2D eigenvalue weighted by atomic mass is 10.0. The number of ether oxygens (including phenoxy) is 2. The summed E-state index contributed by atoms with van der Waals surface area (Å²) in [5.74, 6) is 1.47. The van der Waals surface area contributed by atoms with Crippen LogP contribution in [0.4, 0.5) is 0 Å². The SMILES string of the molecule is COc1cc(CN2CCCC(NC(=O)c3ccn(C)n3)C2)cc(OC)c1. The highest BCUT2D eigenvalue weighted by Gasteiger charge is 2.23. The van der Waals surface area contributed by atoms with Gasteiger partial charge in [0.1, 0.15) is 17.2 Å². The van der Waals surface area contributed by atoms with Crippen LogP contribution in [0, 0.1) is 0 Å². The number of benzene rings is 1. The number of amides is 1. The van der Waals surface area contributed by atoms with Crippen molar-refractivity contribution < 1.29 is 14.3 Å². The van der Waals surface area contributed by atoms with Gasteiger partial charge in [-0.15, -0.1) is 0 Å². The van der Waals surface area contributed by atoms with Crippen molar-refractivity contribution in [3.8, 4) is 11.5 Å². The first kappa shape index (κ1) is 18.3.